The van der Waals surface area contributed by atoms with Gasteiger partial charge in [0.05, 0.1) is 6.04 Å². The van der Waals surface area contributed by atoms with E-state index in [1.165, 1.54) is 32.1 Å². The van der Waals surface area contributed by atoms with Gasteiger partial charge in [-0.1, -0.05) is 32.1 Å². The van der Waals surface area contributed by atoms with Crippen LogP contribution in [0.15, 0.2) is 0 Å². The summed E-state index contributed by atoms with van der Waals surface area (Å²) in [5.74, 6) is 1.07. The number of amides is 2. The van der Waals surface area contributed by atoms with Crippen LogP contribution in [0.2, 0.25) is 0 Å². The fourth-order valence-electron chi connectivity index (χ4n) is 5.15. The number of hydrogen-bond acceptors (Lipinski definition) is 4. The van der Waals surface area contributed by atoms with Crippen molar-refractivity contribution in [1.82, 2.24) is 10.2 Å². The van der Waals surface area contributed by atoms with Gasteiger partial charge in [0.15, 0.2) is 0 Å². The van der Waals surface area contributed by atoms with Crippen LogP contribution in [0.3, 0.4) is 0 Å². The Kier molecular flexibility index (Phi) is 7.53. The van der Waals surface area contributed by atoms with Crippen LogP contribution >= 0.6 is 0 Å². The Morgan fingerprint density at radius 2 is 1.63 bits per heavy atom. The average molecular weight is 379 g/mol. The first kappa shape index (κ1) is 20.6. The summed E-state index contributed by atoms with van der Waals surface area (Å²) in [5, 5.41) is 3.10. The van der Waals surface area contributed by atoms with Gasteiger partial charge in [-0.05, 0) is 56.8 Å². The fraction of sp³-hybridized carbons (Fsp3) is 0.905. The molecule has 2 saturated carbocycles. The van der Waals surface area contributed by atoms with E-state index in [0.29, 0.717) is 31.0 Å². The van der Waals surface area contributed by atoms with E-state index < -0.39 is 6.04 Å². The third-order valence-electron chi connectivity index (χ3n) is 6.92. The zero-order valence-electron chi connectivity index (χ0n) is 16.7. The highest BCUT2D eigenvalue weighted by Gasteiger charge is 2.37. The van der Waals surface area contributed by atoms with Crippen molar-refractivity contribution < 1.29 is 9.59 Å². The normalized spacial score (nSPS) is 30.9. The van der Waals surface area contributed by atoms with Gasteiger partial charge in [0.1, 0.15) is 6.04 Å². The number of nitrogens with two attached hydrogens (primary N) is 2. The highest BCUT2D eigenvalue weighted by molar-refractivity contribution is 5.90. The number of likely N-dealkylation sites (tertiary alicyclic amines) is 1. The first-order valence-corrected chi connectivity index (χ1v) is 11.1. The summed E-state index contributed by atoms with van der Waals surface area (Å²) in [6, 6.07) is -0.465. The van der Waals surface area contributed by atoms with Crippen LogP contribution in [0.1, 0.15) is 77.0 Å². The van der Waals surface area contributed by atoms with E-state index in [9.17, 15) is 9.59 Å². The van der Waals surface area contributed by atoms with E-state index >= 15 is 0 Å². The summed E-state index contributed by atoms with van der Waals surface area (Å²) in [5.41, 5.74) is 12.2. The molecule has 5 N–H and O–H groups in total. The van der Waals surface area contributed by atoms with Crippen molar-refractivity contribution >= 4 is 11.8 Å². The average Bonchev–Trinajstić information content (AvgIpc) is 3.17. The van der Waals surface area contributed by atoms with E-state index in [-0.39, 0.29) is 17.9 Å². The van der Waals surface area contributed by atoms with Crippen LogP contribution in [0.25, 0.3) is 0 Å². The first-order chi connectivity index (χ1) is 13.0. The SMILES string of the molecule is N[C@H](CC1CCCCC1)C(=O)N1CCC[C@H]1C(=O)NC[C@H]1CC[C@H](N)CC1. The van der Waals surface area contributed by atoms with Crippen LogP contribution < -0.4 is 16.8 Å². The molecule has 0 bridgehead atoms. The molecule has 6 nitrogen and oxygen atoms in total. The van der Waals surface area contributed by atoms with Crippen molar-refractivity contribution in [3.05, 3.63) is 0 Å². The van der Waals surface area contributed by atoms with Gasteiger partial charge in [0.2, 0.25) is 11.8 Å². The van der Waals surface area contributed by atoms with Crippen LogP contribution in [0, 0.1) is 11.8 Å². The van der Waals surface area contributed by atoms with Gasteiger partial charge in [-0.25, -0.2) is 0 Å². The first-order valence-electron chi connectivity index (χ1n) is 11.1. The van der Waals surface area contributed by atoms with E-state index in [1.807, 2.05) is 0 Å². The molecule has 3 aliphatic rings. The van der Waals surface area contributed by atoms with Gasteiger partial charge in [0.25, 0.3) is 0 Å². The molecule has 2 aliphatic carbocycles. The lowest BCUT2D eigenvalue weighted by Gasteiger charge is -2.30. The van der Waals surface area contributed by atoms with E-state index in [0.717, 1.165) is 44.9 Å². The number of carbonyl (C=O) groups excluding carboxylic acids is 2. The van der Waals surface area contributed by atoms with Gasteiger partial charge >= 0.3 is 0 Å². The van der Waals surface area contributed by atoms with Gasteiger partial charge in [-0.2, -0.15) is 0 Å². The minimum Gasteiger partial charge on any atom is -0.354 e. The molecule has 1 aliphatic heterocycles. The molecular weight excluding hydrogens is 340 g/mol. The maximum atomic E-state index is 12.9. The molecule has 3 rings (SSSR count). The van der Waals surface area contributed by atoms with Crippen molar-refractivity contribution in [1.29, 1.82) is 0 Å². The fourth-order valence-corrected chi connectivity index (χ4v) is 5.15. The van der Waals surface area contributed by atoms with Crippen molar-refractivity contribution in [3.63, 3.8) is 0 Å². The van der Waals surface area contributed by atoms with Crippen LogP contribution in [0.4, 0.5) is 0 Å². The lowest BCUT2D eigenvalue weighted by Crippen LogP contribution is -2.52. The summed E-state index contributed by atoms with van der Waals surface area (Å²) in [4.78, 5) is 27.3. The topological polar surface area (TPSA) is 101 Å². The van der Waals surface area contributed by atoms with Crippen LogP contribution in [-0.2, 0) is 9.59 Å². The lowest BCUT2D eigenvalue weighted by molar-refractivity contribution is -0.139. The zero-order valence-corrected chi connectivity index (χ0v) is 16.7. The zero-order chi connectivity index (χ0) is 19.2. The highest BCUT2D eigenvalue weighted by Crippen LogP contribution is 2.28. The second kappa shape index (κ2) is 9.87. The van der Waals surface area contributed by atoms with E-state index in [4.69, 9.17) is 11.5 Å². The van der Waals surface area contributed by atoms with Gasteiger partial charge in [0, 0.05) is 19.1 Å². The standard InChI is InChI=1S/C21H38N4O2/c22-17-10-8-16(9-11-17)14-24-20(26)19-7-4-12-25(19)21(27)18(23)13-15-5-2-1-3-6-15/h15-19H,1-14,22-23H2,(H,24,26)/t16-,17-,18-,19+/m1/s1. The molecule has 0 spiro atoms. The number of carbonyl (C=O) groups is 2. The van der Waals surface area contributed by atoms with Crippen molar-refractivity contribution in [2.24, 2.45) is 23.3 Å². The monoisotopic (exact) mass is 378 g/mol. The molecule has 6 heteroatoms. The molecule has 154 valence electrons. The largest absolute Gasteiger partial charge is 0.354 e. The van der Waals surface area contributed by atoms with Crippen LogP contribution in [0.5, 0.6) is 0 Å². The molecule has 0 aromatic carbocycles. The van der Waals surface area contributed by atoms with Crippen LogP contribution in [-0.4, -0.2) is 47.9 Å². The van der Waals surface area contributed by atoms with Gasteiger partial charge in [-0.15, -0.1) is 0 Å². The Morgan fingerprint density at radius 1 is 0.926 bits per heavy atom. The summed E-state index contributed by atoms with van der Waals surface area (Å²) in [6.45, 7) is 1.37. The van der Waals surface area contributed by atoms with Crippen molar-refractivity contribution in [3.8, 4) is 0 Å². The Balaban J connectivity index is 1.46. The molecule has 2 amide bonds. The molecule has 0 unspecified atom stereocenters. The van der Waals surface area contributed by atoms with Crippen molar-refractivity contribution in [2.45, 2.75) is 95.2 Å². The number of nitrogens with one attached hydrogen (secondary N) is 1. The molecule has 0 aromatic heterocycles. The molecule has 1 saturated heterocycles. The summed E-state index contributed by atoms with van der Waals surface area (Å²) in [7, 11) is 0. The maximum absolute atomic E-state index is 12.9. The third kappa shape index (κ3) is 5.67. The lowest BCUT2D eigenvalue weighted by atomic mass is 9.84. The second-order valence-corrected chi connectivity index (χ2v) is 9.06. The molecule has 0 aromatic rings. The Bertz CT molecular complexity index is 498. The maximum Gasteiger partial charge on any atom is 0.242 e. The number of nitrogens with zero attached hydrogens (tertiary/aromatic N) is 1. The minimum absolute atomic E-state index is 0.000545. The Labute approximate surface area is 163 Å². The molecule has 3 fully saturated rings. The van der Waals surface area contributed by atoms with E-state index in [2.05, 4.69) is 5.32 Å². The molecule has 1 heterocycles. The summed E-state index contributed by atoms with van der Waals surface area (Å²) < 4.78 is 0. The summed E-state index contributed by atoms with van der Waals surface area (Å²) in [6.07, 6.45) is 12.9. The predicted molar refractivity (Wildman–Crippen MR) is 107 cm³/mol. The highest BCUT2D eigenvalue weighted by atomic mass is 16.2. The second-order valence-electron chi connectivity index (χ2n) is 9.06. The molecule has 2 atom stereocenters. The van der Waals surface area contributed by atoms with Crippen molar-refractivity contribution in [2.75, 3.05) is 13.1 Å². The molecular formula is C21H38N4O2. The Hall–Kier alpha value is -1.14. The summed E-state index contributed by atoms with van der Waals surface area (Å²) >= 11 is 0. The number of hydrogen-bond donors (Lipinski definition) is 3. The van der Waals surface area contributed by atoms with E-state index in [1.54, 1.807) is 4.90 Å². The predicted octanol–water partition coefficient (Wildman–Crippen LogP) is 1.91. The Morgan fingerprint density at radius 3 is 2.33 bits per heavy atom. The number of rotatable bonds is 6. The van der Waals surface area contributed by atoms with Gasteiger partial charge in [-0.3, -0.25) is 9.59 Å². The minimum atomic E-state index is -0.457. The molecule has 0 radical (unpaired) electrons. The quantitative estimate of drug-likeness (QED) is 0.657. The smallest absolute Gasteiger partial charge is 0.242 e. The molecule has 27 heavy (non-hydrogen) atoms. The van der Waals surface area contributed by atoms with Gasteiger partial charge < -0.3 is 21.7 Å². The third-order valence-corrected chi connectivity index (χ3v) is 6.92.